The normalized spacial score (nSPS) is 15.5. The van der Waals surface area contributed by atoms with Crippen LogP contribution in [0.1, 0.15) is 38.3 Å². The summed E-state index contributed by atoms with van der Waals surface area (Å²) in [4.78, 5) is 13.0. The Morgan fingerprint density at radius 1 is 1.00 bits per heavy atom. The summed E-state index contributed by atoms with van der Waals surface area (Å²) in [5.41, 5.74) is 0.128. The van der Waals surface area contributed by atoms with Crippen LogP contribution in [0.25, 0.3) is 0 Å². The van der Waals surface area contributed by atoms with E-state index in [1.165, 1.54) is 19.1 Å². The third-order valence-corrected chi connectivity index (χ3v) is 8.00. The second kappa shape index (κ2) is 11.8. The fourth-order valence-corrected chi connectivity index (χ4v) is 5.19. The Labute approximate surface area is 197 Å². The number of rotatable bonds is 13. The number of hydrogen-bond donors (Lipinski definition) is 0. The maximum Gasteiger partial charge on any atom is 0.339 e. The standard InChI is InChI=1S/C24H31O7PS/c1-5-29-22(25)23(4,30-6-2)24(32-26,17-16-20-10-8-7-9-11-20)18-31-33(27,28)21-14-12-19(3)13-15-21/h7-15H,5-6,16-18H2,1-4H3. The molecule has 7 nitrogen and oxygen atoms in total. The molecule has 9 heteroatoms. The number of benzene rings is 2. The van der Waals surface area contributed by atoms with Crippen LogP contribution in [0.3, 0.4) is 0 Å². The third kappa shape index (κ3) is 6.48. The van der Waals surface area contributed by atoms with Crippen LogP contribution < -0.4 is 0 Å². The molecule has 0 saturated heterocycles. The first kappa shape index (κ1) is 27.1. The number of carbonyl (C=O) groups excluding carboxylic acids is 1. The summed E-state index contributed by atoms with van der Waals surface area (Å²) in [5, 5.41) is -1.52. The lowest BCUT2D eigenvalue weighted by Crippen LogP contribution is -2.59. The van der Waals surface area contributed by atoms with E-state index in [2.05, 4.69) is 0 Å². The molecule has 180 valence electrons. The Morgan fingerprint density at radius 3 is 2.18 bits per heavy atom. The smallest absolute Gasteiger partial charge is 0.339 e. The molecule has 0 radical (unpaired) electrons. The summed E-state index contributed by atoms with van der Waals surface area (Å²) < 4.78 is 54.9. The van der Waals surface area contributed by atoms with Gasteiger partial charge in [0.15, 0.2) is 14.1 Å². The van der Waals surface area contributed by atoms with Crippen molar-refractivity contribution in [3.8, 4) is 0 Å². The number of aryl methyl sites for hydroxylation is 2. The highest BCUT2D eigenvalue weighted by molar-refractivity contribution is 7.86. The Morgan fingerprint density at radius 2 is 1.64 bits per heavy atom. The van der Waals surface area contributed by atoms with Gasteiger partial charge in [-0.05, 0) is 58.2 Å². The zero-order valence-corrected chi connectivity index (χ0v) is 21.2. The molecule has 33 heavy (non-hydrogen) atoms. The van der Waals surface area contributed by atoms with Crippen molar-refractivity contribution in [3.63, 3.8) is 0 Å². The van der Waals surface area contributed by atoms with Gasteiger partial charge in [-0.2, -0.15) is 8.42 Å². The summed E-state index contributed by atoms with van der Waals surface area (Å²) in [5.74, 6) is -0.723. The van der Waals surface area contributed by atoms with Crippen molar-refractivity contribution in [1.82, 2.24) is 0 Å². The average molecular weight is 495 g/mol. The van der Waals surface area contributed by atoms with Gasteiger partial charge in [0, 0.05) is 6.61 Å². The number of esters is 1. The Hall–Kier alpha value is -2.12. The van der Waals surface area contributed by atoms with Crippen LogP contribution in [0.15, 0.2) is 59.5 Å². The summed E-state index contributed by atoms with van der Waals surface area (Å²) >= 11 is 0. The second-order valence-corrected chi connectivity index (χ2v) is 10.5. The maximum absolute atomic E-state index is 13.0. The molecule has 2 aromatic rings. The predicted molar refractivity (Wildman–Crippen MR) is 126 cm³/mol. The van der Waals surface area contributed by atoms with Crippen LogP contribution in [-0.2, 0) is 39.6 Å². The highest BCUT2D eigenvalue weighted by Gasteiger charge is 2.57. The number of carbonyl (C=O) groups is 1. The van der Waals surface area contributed by atoms with Gasteiger partial charge in [-0.1, -0.05) is 48.0 Å². The van der Waals surface area contributed by atoms with E-state index < -0.39 is 41.9 Å². The van der Waals surface area contributed by atoms with E-state index in [9.17, 15) is 17.8 Å². The minimum Gasteiger partial charge on any atom is -0.464 e. The summed E-state index contributed by atoms with van der Waals surface area (Å²) in [6.07, 6.45) is 0.576. The van der Waals surface area contributed by atoms with Gasteiger partial charge >= 0.3 is 5.97 Å². The van der Waals surface area contributed by atoms with Crippen LogP contribution in [0, 0.1) is 6.92 Å². The van der Waals surface area contributed by atoms with E-state index >= 15 is 0 Å². The second-order valence-electron chi connectivity index (χ2n) is 7.82. The summed E-state index contributed by atoms with van der Waals surface area (Å²) in [7, 11) is -4.66. The SMILES string of the molecule is CCOC(=O)C(C)(OCC)C(CCc1ccccc1)(COS(=O)(=O)c1ccc(C)cc1)P=O. The van der Waals surface area contributed by atoms with Crippen molar-refractivity contribution in [2.75, 3.05) is 19.8 Å². The number of hydrogen-bond acceptors (Lipinski definition) is 7. The molecule has 0 spiro atoms. The van der Waals surface area contributed by atoms with Gasteiger partial charge in [0.1, 0.15) is 5.16 Å². The van der Waals surface area contributed by atoms with Crippen LogP contribution in [-0.4, -0.2) is 45.0 Å². The highest BCUT2D eigenvalue weighted by Crippen LogP contribution is 2.43. The largest absolute Gasteiger partial charge is 0.464 e. The van der Waals surface area contributed by atoms with E-state index in [1.807, 2.05) is 37.3 Å². The minimum absolute atomic E-state index is 0.0260. The summed E-state index contributed by atoms with van der Waals surface area (Å²) in [6.45, 7) is 6.36. The minimum atomic E-state index is -4.17. The topological polar surface area (TPSA) is 96.0 Å². The first-order valence-electron chi connectivity index (χ1n) is 10.8. The molecule has 0 fully saturated rings. The van der Waals surface area contributed by atoms with Gasteiger partial charge in [0.05, 0.1) is 18.1 Å². The van der Waals surface area contributed by atoms with Crippen molar-refractivity contribution in [2.24, 2.45) is 0 Å². The lowest BCUT2D eigenvalue weighted by Gasteiger charge is -2.41. The number of ether oxygens (including phenoxy) is 2. The molecule has 0 aliphatic heterocycles. The zero-order valence-electron chi connectivity index (χ0n) is 19.4. The van der Waals surface area contributed by atoms with E-state index in [1.54, 1.807) is 26.0 Å². The molecule has 0 bridgehead atoms. The Kier molecular flexibility index (Phi) is 9.73. The molecular weight excluding hydrogens is 463 g/mol. The molecular formula is C24H31O7PS. The molecule has 0 aromatic heterocycles. The zero-order chi connectivity index (χ0) is 24.5. The fraction of sp³-hybridized carbons (Fsp3) is 0.458. The van der Waals surface area contributed by atoms with Gasteiger partial charge in [0.2, 0.25) is 0 Å². The molecule has 0 heterocycles. The van der Waals surface area contributed by atoms with Crippen LogP contribution in [0.2, 0.25) is 0 Å². The van der Waals surface area contributed by atoms with Crippen molar-refractivity contribution in [1.29, 1.82) is 0 Å². The van der Waals surface area contributed by atoms with Crippen molar-refractivity contribution < 1.29 is 31.4 Å². The highest BCUT2D eigenvalue weighted by atomic mass is 32.2. The van der Waals surface area contributed by atoms with Crippen LogP contribution >= 0.6 is 8.46 Å². The first-order chi connectivity index (χ1) is 15.6. The maximum atomic E-state index is 13.0. The fourth-order valence-electron chi connectivity index (χ4n) is 3.49. The van der Waals surface area contributed by atoms with Crippen molar-refractivity contribution in [3.05, 3.63) is 65.7 Å². The van der Waals surface area contributed by atoms with E-state index in [0.717, 1.165) is 11.1 Å². The molecule has 0 amide bonds. The van der Waals surface area contributed by atoms with Gasteiger partial charge in [-0.3, -0.25) is 8.75 Å². The molecule has 0 N–H and O–H groups in total. The van der Waals surface area contributed by atoms with Crippen molar-refractivity contribution in [2.45, 2.75) is 56.2 Å². The van der Waals surface area contributed by atoms with Gasteiger partial charge < -0.3 is 9.47 Å². The lowest BCUT2D eigenvalue weighted by molar-refractivity contribution is -0.176. The molecule has 0 saturated carbocycles. The van der Waals surface area contributed by atoms with E-state index in [-0.39, 0.29) is 24.5 Å². The molecule has 0 aliphatic carbocycles. The molecule has 0 aliphatic rings. The lowest BCUT2D eigenvalue weighted by atomic mass is 9.83. The molecule has 2 unspecified atom stereocenters. The predicted octanol–water partition coefficient (Wildman–Crippen LogP) is 4.72. The quantitative estimate of drug-likeness (QED) is 0.226. The van der Waals surface area contributed by atoms with Gasteiger partial charge in [-0.25, -0.2) is 4.79 Å². The molecule has 2 atom stereocenters. The van der Waals surface area contributed by atoms with Gasteiger partial charge in [0.25, 0.3) is 10.1 Å². The Bertz CT molecular complexity index is 1020. The van der Waals surface area contributed by atoms with E-state index in [4.69, 9.17) is 13.7 Å². The molecule has 2 aromatic carbocycles. The van der Waals surface area contributed by atoms with Crippen molar-refractivity contribution >= 4 is 24.5 Å². The monoisotopic (exact) mass is 494 g/mol. The molecule has 2 rings (SSSR count). The third-order valence-electron chi connectivity index (χ3n) is 5.59. The summed E-state index contributed by atoms with van der Waals surface area (Å²) in [6, 6.07) is 15.6. The van der Waals surface area contributed by atoms with Gasteiger partial charge in [-0.15, -0.1) is 0 Å². The Balaban J connectivity index is 2.45. The average Bonchev–Trinajstić information content (AvgIpc) is 2.80. The first-order valence-corrected chi connectivity index (χ1v) is 13.0. The van der Waals surface area contributed by atoms with E-state index in [0.29, 0.717) is 6.42 Å². The van der Waals surface area contributed by atoms with Crippen LogP contribution in [0.5, 0.6) is 0 Å². The van der Waals surface area contributed by atoms with Crippen LogP contribution in [0.4, 0.5) is 0 Å².